The Bertz CT molecular complexity index is 481. The summed E-state index contributed by atoms with van der Waals surface area (Å²) in [5.41, 5.74) is 0.803. The minimum Gasteiger partial charge on any atom is -0.380 e. The van der Waals surface area contributed by atoms with E-state index in [1.165, 1.54) is 18.4 Å². The first-order valence-corrected chi connectivity index (χ1v) is 7.18. The van der Waals surface area contributed by atoms with Crippen LogP contribution >= 0.6 is 0 Å². The van der Waals surface area contributed by atoms with Crippen LogP contribution in [0.5, 0.6) is 0 Å². The molecule has 0 aliphatic rings. The maximum atomic E-state index is 11.9. The summed E-state index contributed by atoms with van der Waals surface area (Å²) in [7, 11) is 2.74. The van der Waals surface area contributed by atoms with Crippen molar-refractivity contribution >= 4 is 15.7 Å². The molecule has 6 nitrogen and oxygen atoms in total. The van der Waals surface area contributed by atoms with Gasteiger partial charge in [-0.1, -0.05) is 0 Å². The first kappa shape index (κ1) is 15.9. The van der Waals surface area contributed by atoms with Gasteiger partial charge in [-0.25, -0.2) is 12.7 Å². The molecule has 0 aromatic heterocycles. The maximum Gasteiger partial charge on any atom is 0.242 e. The molecule has 0 radical (unpaired) electrons. The van der Waals surface area contributed by atoms with Gasteiger partial charge in [0.15, 0.2) is 6.29 Å². The normalized spacial score (nSPS) is 12.1. The van der Waals surface area contributed by atoms with Crippen LogP contribution in [-0.4, -0.2) is 53.9 Å². The molecule has 0 aliphatic carbocycles. The highest BCUT2D eigenvalue weighted by molar-refractivity contribution is 7.89. The number of benzene rings is 1. The number of nitrogens with one attached hydrogen (secondary N) is 1. The summed E-state index contributed by atoms with van der Waals surface area (Å²) in [5.74, 6) is 0. The van der Waals surface area contributed by atoms with Crippen molar-refractivity contribution in [2.24, 2.45) is 0 Å². The van der Waals surface area contributed by atoms with E-state index in [-0.39, 0.29) is 11.2 Å². The summed E-state index contributed by atoms with van der Waals surface area (Å²) in [6, 6.07) is 6.54. The molecule has 0 bridgehead atoms. The Morgan fingerprint density at radius 3 is 2.11 bits per heavy atom. The first-order chi connectivity index (χ1) is 8.91. The fourth-order valence-electron chi connectivity index (χ4n) is 1.42. The SMILES string of the molecule is COC(CNc1ccc(S(=O)(=O)N(C)C)cc1)OC. The number of rotatable bonds is 7. The molecular formula is C12H20N2O4S. The number of hydrogen-bond donors (Lipinski definition) is 1. The van der Waals surface area contributed by atoms with E-state index in [1.807, 2.05) is 0 Å². The second-order valence-electron chi connectivity index (χ2n) is 4.09. The molecule has 108 valence electrons. The molecular weight excluding hydrogens is 268 g/mol. The Morgan fingerprint density at radius 1 is 1.16 bits per heavy atom. The zero-order valence-corrected chi connectivity index (χ0v) is 12.4. The van der Waals surface area contributed by atoms with Crippen molar-refractivity contribution in [3.05, 3.63) is 24.3 Å². The van der Waals surface area contributed by atoms with Gasteiger partial charge in [0.05, 0.1) is 11.4 Å². The van der Waals surface area contributed by atoms with E-state index in [2.05, 4.69) is 5.32 Å². The average Bonchev–Trinajstić information content (AvgIpc) is 2.40. The predicted molar refractivity (Wildman–Crippen MR) is 73.6 cm³/mol. The van der Waals surface area contributed by atoms with E-state index in [0.717, 1.165) is 5.69 Å². The van der Waals surface area contributed by atoms with Crippen molar-refractivity contribution in [2.45, 2.75) is 11.2 Å². The van der Waals surface area contributed by atoms with E-state index >= 15 is 0 Å². The fourth-order valence-corrected chi connectivity index (χ4v) is 2.32. The Morgan fingerprint density at radius 2 is 1.68 bits per heavy atom. The number of anilines is 1. The van der Waals surface area contributed by atoms with Crippen LogP contribution in [0.15, 0.2) is 29.2 Å². The smallest absolute Gasteiger partial charge is 0.242 e. The fraction of sp³-hybridized carbons (Fsp3) is 0.500. The Labute approximate surface area is 114 Å². The highest BCUT2D eigenvalue weighted by Crippen LogP contribution is 2.16. The molecule has 0 amide bonds. The van der Waals surface area contributed by atoms with E-state index in [9.17, 15) is 8.42 Å². The largest absolute Gasteiger partial charge is 0.380 e. The van der Waals surface area contributed by atoms with Crippen LogP contribution < -0.4 is 5.32 Å². The molecule has 0 unspecified atom stereocenters. The number of sulfonamides is 1. The van der Waals surface area contributed by atoms with Crippen molar-refractivity contribution in [3.63, 3.8) is 0 Å². The minimum absolute atomic E-state index is 0.262. The molecule has 7 heteroatoms. The standard InChI is InChI=1S/C12H20N2O4S/c1-14(2)19(15,16)11-7-5-10(6-8-11)13-9-12(17-3)18-4/h5-8,12-13H,9H2,1-4H3. The lowest BCUT2D eigenvalue weighted by Crippen LogP contribution is -2.24. The van der Waals surface area contributed by atoms with Crippen molar-refractivity contribution in [3.8, 4) is 0 Å². The number of ether oxygens (including phenoxy) is 2. The van der Waals surface area contributed by atoms with E-state index in [4.69, 9.17) is 9.47 Å². The summed E-state index contributed by atoms with van der Waals surface area (Å²) in [4.78, 5) is 0.262. The molecule has 1 rings (SSSR count). The van der Waals surface area contributed by atoms with Crippen LogP contribution in [-0.2, 0) is 19.5 Å². The Kier molecular flexibility index (Phi) is 5.74. The van der Waals surface area contributed by atoms with Gasteiger partial charge < -0.3 is 14.8 Å². The lowest BCUT2D eigenvalue weighted by molar-refractivity contribution is -0.0914. The third kappa shape index (κ3) is 4.17. The third-order valence-corrected chi connectivity index (χ3v) is 4.46. The van der Waals surface area contributed by atoms with Crippen molar-refractivity contribution in [1.29, 1.82) is 0 Å². The van der Waals surface area contributed by atoms with Crippen LogP contribution in [0.1, 0.15) is 0 Å². The summed E-state index contributed by atoms with van der Waals surface area (Å²) >= 11 is 0. The third-order valence-electron chi connectivity index (χ3n) is 2.63. The Hall–Kier alpha value is -1.15. The molecule has 0 saturated carbocycles. The molecule has 1 N–H and O–H groups in total. The van der Waals surface area contributed by atoms with Crippen LogP contribution in [0, 0.1) is 0 Å². The van der Waals surface area contributed by atoms with E-state index in [0.29, 0.717) is 6.54 Å². The average molecular weight is 288 g/mol. The molecule has 0 fully saturated rings. The van der Waals surface area contributed by atoms with E-state index in [1.54, 1.807) is 38.5 Å². The zero-order chi connectivity index (χ0) is 14.5. The molecule has 19 heavy (non-hydrogen) atoms. The zero-order valence-electron chi connectivity index (χ0n) is 11.6. The van der Waals surface area contributed by atoms with Crippen molar-refractivity contribution in [2.75, 3.05) is 40.2 Å². The number of methoxy groups -OCH3 is 2. The van der Waals surface area contributed by atoms with Gasteiger partial charge in [-0.3, -0.25) is 0 Å². The van der Waals surface area contributed by atoms with Crippen molar-refractivity contribution < 1.29 is 17.9 Å². The molecule has 0 heterocycles. The molecule has 0 saturated heterocycles. The van der Waals surface area contributed by atoms with Gasteiger partial charge >= 0.3 is 0 Å². The van der Waals surface area contributed by atoms with Gasteiger partial charge in [0, 0.05) is 34.0 Å². The van der Waals surface area contributed by atoms with Gasteiger partial charge in [0.1, 0.15) is 0 Å². The summed E-state index contributed by atoms with van der Waals surface area (Å²) < 4.78 is 35.0. The van der Waals surface area contributed by atoms with Gasteiger partial charge in [-0.2, -0.15) is 0 Å². The van der Waals surface area contributed by atoms with Crippen LogP contribution in [0.4, 0.5) is 5.69 Å². The number of nitrogens with zero attached hydrogens (tertiary/aromatic N) is 1. The van der Waals surface area contributed by atoms with Gasteiger partial charge in [-0.05, 0) is 24.3 Å². The summed E-state index contributed by atoms with van der Waals surface area (Å²) in [6.45, 7) is 0.479. The second kappa shape index (κ2) is 6.85. The second-order valence-corrected chi connectivity index (χ2v) is 6.25. The topological polar surface area (TPSA) is 67.9 Å². The summed E-state index contributed by atoms with van der Waals surface area (Å²) in [5, 5.41) is 3.10. The molecule has 0 aliphatic heterocycles. The molecule has 1 aromatic carbocycles. The Balaban J connectivity index is 2.72. The maximum absolute atomic E-state index is 11.9. The van der Waals surface area contributed by atoms with Crippen LogP contribution in [0.25, 0.3) is 0 Å². The lowest BCUT2D eigenvalue weighted by atomic mass is 10.3. The van der Waals surface area contributed by atoms with Gasteiger partial charge in [0.25, 0.3) is 0 Å². The first-order valence-electron chi connectivity index (χ1n) is 5.74. The highest BCUT2D eigenvalue weighted by atomic mass is 32.2. The van der Waals surface area contributed by atoms with E-state index < -0.39 is 10.0 Å². The quantitative estimate of drug-likeness (QED) is 0.757. The number of hydrogen-bond acceptors (Lipinski definition) is 5. The van der Waals surface area contributed by atoms with Gasteiger partial charge in [0.2, 0.25) is 10.0 Å². The van der Waals surface area contributed by atoms with Gasteiger partial charge in [-0.15, -0.1) is 0 Å². The highest BCUT2D eigenvalue weighted by Gasteiger charge is 2.16. The van der Waals surface area contributed by atoms with Crippen molar-refractivity contribution in [1.82, 2.24) is 4.31 Å². The molecule has 0 spiro atoms. The minimum atomic E-state index is -3.38. The van der Waals surface area contributed by atoms with Crippen LogP contribution in [0.2, 0.25) is 0 Å². The molecule has 0 atom stereocenters. The predicted octanol–water partition coefficient (Wildman–Crippen LogP) is 0.968. The molecule has 1 aromatic rings. The monoisotopic (exact) mass is 288 g/mol. The summed E-state index contributed by atoms with van der Waals surface area (Å²) in [6.07, 6.45) is -0.342. The lowest BCUT2D eigenvalue weighted by Gasteiger charge is -2.15. The van der Waals surface area contributed by atoms with Crippen LogP contribution in [0.3, 0.4) is 0 Å².